The molecule has 1 aliphatic rings. The molecule has 0 amide bonds. The number of sulfonamides is 2. The van der Waals surface area contributed by atoms with Crippen molar-refractivity contribution in [2.24, 2.45) is 5.92 Å². The summed E-state index contributed by atoms with van der Waals surface area (Å²) in [5, 5.41) is 3.23. The van der Waals surface area contributed by atoms with E-state index in [1.54, 1.807) is 0 Å². The van der Waals surface area contributed by atoms with Gasteiger partial charge in [-0.2, -0.15) is 0 Å². The molecule has 0 bridgehead atoms. The second-order valence-electron chi connectivity index (χ2n) is 5.24. The van der Waals surface area contributed by atoms with Crippen LogP contribution in [0.2, 0.25) is 0 Å². The molecule has 0 aromatic heterocycles. The standard InChI is InChI=1S/C13H21N3O4S2.ClH/c1-14-21(17,18)12-4-6-13(7-5-12)22(19,20)16-10-11-3-2-8-15-9-11;/h4-7,11,14-16H,2-3,8-10H2,1H3;1H. The zero-order valence-corrected chi connectivity index (χ0v) is 15.2. The molecular formula is C13H22ClN3O4S2. The fourth-order valence-corrected chi connectivity index (χ4v) is 4.17. The maximum Gasteiger partial charge on any atom is 0.240 e. The monoisotopic (exact) mass is 383 g/mol. The SMILES string of the molecule is CNS(=O)(=O)c1ccc(S(=O)(=O)NCC2CCCNC2)cc1.Cl. The lowest BCUT2D eigenvalue weighted by Gasteiger charge is -2.22. The van der Waals surface area contributed by atoms with Gasteiger partial charge in [0.1, 0.15) is 0 Å². The van der Waals surface area contributed by atoms with Crippen LogP contribution in [0.4, 0.5) is 0 Å². The van der Waals surface area contributed by atoms with Crippen LogP contribution in [-0.2, 0) is 20.0 Å². The molecule has 132 valence electrons. The van der Waals surface area contributed by atoms with Crippen molar-refractivity contribution < 1.29 is 16.8 Å². The molecule has 3 N–H and O–H groups in total. The van der Waals surface area contributed by atoms with E-state index in [0.29, 0.717) is 6.54 Å². The number of benzene rings is 1. The summed E-state index contributed by atoms with van der Waals surface area (Å²) in [7, 11) is -5.88. The summed E-state index contributed by atoms with van der Waals surface area (Å²) in [5.41, 5.74) is 0. The Kier molecular flexibility index (Phi) is 7.43. The van der Waals surface area contributed by atoms with Crippen LogP contribution >= 0.6 is 12.4 Å². The number of rotatable bonds is 6. The Bertz CT molecular complexity index is 699. The van der Waals surface area contributed by atoms with Gasteiger partial charge in [0, 0.05) is 6.54 Å². The van der Waals surface area contributed by atoms with Gasteiger partial charge in [-0.3, -0.25) is 0 Å². The molecule has 1 heterocycles. The number of nitrogens with one attached hydrogen (secondary N) is 3. The summed E-state index contributed by atoms with van der Waals surface area (Å²) in [6.45, 7) is 2.17. The topological polar surface area (TPSA) is 104 Å². The second-order valence-corrected chi connectivity index (χ2v) is 8.90. The number of hydrogen-bond donors (Lipinski definition) is 3. The average Bonchev–Trinajstić information content (AvgIpc) is 2.54. The van der Waals surface area contributed by atoms with Gasteiger partial charge in [0.2, 0.25) is 20.0 Å². The molecule has 10 heteroatoms. The number of piperidine rings is 1. The van der Waals surface area contributed by atoms with Gasteiger partial charge in [0.25, 0.3) is 0 Å². The molecule has 23 heavy (non-hydrogen) atoms. The van der Waals surface area contributed by atoms with Crippen molar-refractivity contribution in [3.63, 3.8) is 0 Å². The molecule has 7 nitrogen and oxygen atoms in total. The van der Waals surface area contributed by atoms with Crippen LogP contribution in [0.1, 0.15) is 12.8 Å². The molecule has 1 aromatic rings. The van der Waals surface area contributed by atoms with Crippen LogP contribution in [0.3, 0.4) is 0 Å². The second kappa shape index (κ2) is 8.41. The highest BCUT2D eigenvalue weighted by Gasteiger charge is 2.19. The number of hydrogen-bond acceptors (Lipinski definition) is 5. The van der Waals surface area contributed by atoms with Crippen molar-refractivity contribution in [1.82, 2.24) is 14.8 Å². The van der Waals surface area contributed by atoms with E-state index in [4.69, 9.17) is 0 Å². The smallest absolute Gasteiger partial charge is 0.240 e. The largest absolute Gasteiger partial charge is 0.316 e. The Morgan fingerprint density at radius 3 is 2.13 bits per heavy atom. The van der Waals surface area contributed by atoms with Gasteiger partial charge in [0.15, 0.2) is 0 Å². The molecule has 1 aliphatic heterocycles. The first kappa shape index (κ1) is 20.3. The van der Waals surface area contributed by atoms with E-state index in [-0.39, 0.29) is 28.1 Å². The van der Waals surface area contributed by atoms with E-state index in [1.165, 1.54) is 31.3 Å². The van der Waals surface area contributed by atoms with Gasteiger partial charge in [0.05, 0.1) is 9.79 Å². The first-order valence-electron chi connectivity index (χ1n) is 7.09. The predicted octanol–water partition coefficient (Wildman–Crippen LogP) is 0.294. The maximum atomic E-state index is 12.2. The highest BCUT2D eigenvalue weighted by molar-refractivity contribution is 7.90. The quantitative estimate of drug-likeness (QED) is 0.655. The Morgan fingerprint density at radius 1 is 1.09 bits per heavy atom. The zero-order chi connectivity index (χ0) is 16.2. The van der Waals surface area contributed by atoms with Gasteiger partial charge in [-0.1, -0.05) is 0 Å². The molecule has 1 atom stereocenters. The maximum absolute atomic E-state index is 12.2. The minimum atomic E-state index is -3.62. The van der Waals surface area contributed by atoms with Crippen LogP contribution in [0.5, 0.6) is 0 Å². The van der Waals surface area contributed by atoms with Crippen molar-refractivity contribution in [3.05, 3.63) is 24.3 Å². The van der Waals surface area contributed by atoms with Crippen molar-refractivity contribution in [2.45, 2.75) is 22.6 Å². The fourth-order valence-electron chi connectivity index (χ4n) is 2.32. The highest BCUT2D eigenvalue weighted by Crippen LogP contribution is 2.15. The third-order valence-electron chi connectivity index (χ3n) is 3.67. The Morgan fingerprint density at radius 2 is 1.65 bits per heavy atom. The molecule has 1 unspecified atom stereocenters. The molecule has 0 saturated carbocycles. The van der Waals surface area contributed by atoms with Gasteiger partial charge in [-0.15, -0.1) is 12.4 Å². The molecule has 0 radical (unpaired) electrons. The Balaban J connectivity index is 0.00000264. The van der Waals surface area contributed by atoms with Crippen molar-refractivity contribution in [3.8, 4) is 0 Å². The summed E-state index contributed by atoms with van der Waals surface area (Å²) >= 11 is 0. The lowest BCUT2D eigenvalue weighted by Crippen LogP contribution is -2.38. The molecular weight excluding hydrogens is 362 g/mol. The first-order chi connectivity index (χ1) is 10.3. The summed E-state index contributed by atoms with van der Waals surface area (Å²) in [5.74, 6) is 0.285. The third kappa shape index (κ3) is 5.40. The zero-order valence-electron chi connectivity index (χ0n) is 12.8. The predicted molar refractivity (Wildman–Crippen MR) is 90.7 cm³/mol. The molecule has 0 aliphatic carbocycles. The van der Waals surface area contributed by atoms with Gasteiger partial charge in [-0.05, 0) is 63.2 Å². The van der Waals surface area contributed by atoms with E-state index < -0.39 is 20.0 Å². The minimum Gasteiger partial charge on any atom is -0.316 e. The van der Waals surface area contributed by atoms with E-state index in [1.807, 2.05) is 0 Å². The van der Waals surface area contributed by atoms with Crippen LogP contribution in [0.25, 0.3) is 0 Å². The summed E-state index contributed by atoms with van der Waals surface area (Å²) in [4.78, 5) is 0.0942. The third-order valence-corrected chi connectivity index (χ3v) is 6.54. The van der Waals surface area contributed by atoms with Gasteiger partial charge < -0.3 is 5.32 Å². The van der Waals surface area contributed by atoms with Crippen LogP contribution in [-0.4, -0.2) is 43.5 Å². The van der Waals surface area contributed by atoms with Crippen molar-refractivity contribution >= 4 is 32.5 Å². The van der Waals surface area contributed by atoms with E-state index in [9.17, 15) is 16.8 Å². The van der Waals surface area contributed by atoms with E-state index >= 15 is 0 Å². The summed E-state index contributed by atoms with van der Waals surface area (Å²) < 4.78 is 52.4. The van der Waals surface area contributed by atoms with Crippen LogP contribution in [0, 0.1) is 5.92 Å². The molecule has 2 rings (SSSR count). The van der Waals surface area contributed by atoms with Crippen LogP contribution in [0.15, 0.2) is 34.1 Å². The average molecular weight is 384 g/mol. The first-order valence-corrected chi connectivity index (χ1v) is 10.1. The lowest BCUT2D eigenvalue weighted by atomic mass is 10.0. The van der Waals surface area contributed by atoms with Gasteiger partial charge >= 0.3 is 0 Å². The van der Waals surface area contributed by atoms with Crippen molar-refractivity contribution in [2.75, 3.05) is 26.7 Å². The van der Waals surface area contributed by atoms with Gasteiger partial charge in [-0.25, -0.2) is 26.3 Å². The Hall–Kier alpha value is -0.710. The lowest BCUT2D eigenvalue weighted by molar-refractivity contribution is 0.376. The summed E-state index contributed by atoms with van der Waals surface area (Å²) in [6, 6.07) is 5.16. The molecule has 0 spiro atoms. The fraction of sp³-hybridized carbons (Fsp3) is 0.538. The molecule has 1 aromatic carbocycles. The van der Waals surface area contributed by atoms with Crippen molar-refractivity contribution in [1.29, 1.82) is 0 Å². The Labute approximate surface area is 143 Å². The van der Waals surface area contributed by atoms with E-state index in [0.717, 1.165) is 25.9 Å². The molecule has 1 fully saturated rings. The summed E-state index contributed by atoms with van der Waals surface area (Å²) in [6.07, 6.45) is 2.04. The minimum absolute atomic E-state index is 0. The highest BCUT2D eigenvalue weighted by atomic mass is 35.5. The van der Waals surface area contributed by atoms with Crippen LogP contribution < -0.4 is 14.8 Å². The van der Waals surface area contributed by atoms with E-state index in [2.05, 4.69) is 14.8 Å². The molecule has 1 saturated heterocycles. The normalized spacial score (nSPS) is 19.1. The number of halogens is 1.